The lowest BCUT2D eigenvalue weighted by Crippen LogP contribution is -2.17. The molecule has 1 N–H and O–H groups in total. The molecule has 0 bridgehead atoms. The van der Waals surface area contributed by atoms with Gasteiger partial charge < -0.3 is 14.1 Å². The standard InChI is InChI=1S/C16H18N2O2S/c1-12-4-8-21-15(12)16-17-5-6-18(16)10-13(11-19)9-14-3-2-7-20-14/h2-8,13,19H,9-11H2,1H3/t13-/m1/s1. The molecule has 0 aromatic carbocycles. The molecule has 110 valence electrons. The maximum atomic E-state index is 9.63. The number of imidazole rings is 1. The van der Waals surface area contributed by atoms with Gasteiger partial charge in [-0.3, -0.25) is 0 Å². The molecule has 3 aromatic rings. The van der Waals surface area contributed by atoms with E-state index in [1.165, 1.54) is 10.4 Å². The fourth-order valence-electron chi connectivity index (χ4n) is 2.45. The zero-order valence-corrected chi connectivity index (χ0v) is 12.7. The van der Waals surface area contributed by atoms with E-state index in [0.29, 0.717) is 0 Å². The first kappa shape index (κ1) is 14.1. The SMILES string of the molecule is Cc1ccsc1-c1nccn1C[C@H](CO)Cc1ccco1. The van der Waals surface area contributed by atoms with Gasteiger partial charge in [-0.2, -0.15) is 0 Å². The van der Waals surface area contributed by atoms with E-state index in [4.69, 9.17) is 4.42 Å². The molecule has 0 aliphatic rings. The molecule has 0 saturated carbocycles. The highest BCUT2D eigenvalue weighted by Crippen LogP contribution is 2.28. The van der Waals surface area contributed by atoms with E-state index >= 15 is 0 Å². The van der Waals surface area contributed by atoms with E-state index < -0.39 is 0 Å². The van der Waals surface area contributed by atoms with Gasteiger partial charge in [-0.05, 0) is 36.1 Å². The molecule has 1 atom stereocenters. The summed E-state index contributed by atoms with van der Waals surface area (Å²) >= 11 is 1.70. The quantitative estimate of drug-likeness (QED) is 0.759. The molecular formula is C16H18N2O2S. The predicted octanol–water partition coefficient (Wildman–Crippen LogP) is 3.36. The van der Waals surface area contributed by atoms with Gasteiger partial charge in [-0.1, -0.05) is 0 Å². The Morgan fingerprint density at radius 1 is 1.43 bits per heavy atom. The average Bonchev–Trinajstić information content (AvgIpc) is 3.20. The number of aryl methyl sites for hydroxylation is 1. The van der Waals surface area contributed by atoms with Crippen LogP contribution in [0.5, 0.6) is 0 Å². The molecule has 0 aliphatic heterocycles. The molecule has 0 unspecified atom stereocenters. The number of hydrogen-bond acceptors (Lipinski definition) is 4. The molecule has 5 heteroatoms. The van der Waals surface area contributed by atoms with Crippen molar-refractivity contribution in [3.63, 3.8) is 0 Å². The number of hydrogen-bond donors (Lipinski definition) is 1. The second kappa shape index (κ2) is 6.28. The maximum absolute atomic E-state index is 9.63. The molecule has 21 heavy (non-hydrogen) atoms. The summed E-state index contributed by atoms with van der Waals surface area (Å²) in [7, 11) is 0. The summed E-state index contributed by atoms with van der Waals surface area (Å²) in [6.07, 6.45) is 6.18. The highest BCUT2D eigenvalue weighted by molar-refractivity contribution is 7.13. The fraction of sp³-hybridized carbons (Fsp3) is 0.312. The van der Waals surface area contributed by atoms with Gasteiger partial charge in [0.1, 0.15) is 11.6 Å². The summed E-state index contributed by atoms with van der Waals surface area (Å²) in [4.78, 5) is 5.66. The number of aromatic nitrogens is 2. The predicted molar refractivity (Wildman–Crippen MR) is 83.3 cm³/mol. The summed E-state index contributed by atoms with van der Waals surface area (Å²) in [5.74, 6) is 1.99. The number of furan rings is 1. The van der Waals surface area contributed by atoms with E-state index in [9.17, 15) is 5.11 Å². The van der Waals surface area contributed by atoms with Crippen LogP contribution < -0.4 is 0 Å². The van der Waals surface area contributed by atoms with Gasteiger partial charge in [0.15, 0.2) is 0 Å². The monoisotopic (exact) mass is 302 g/mol. The lowest BCUT2D eigenvalue weighted by Gasteiger charge is -2.15. The van der Waals surface area contributed by atoms with Crippen LogP contribution in [-0.2, 0) is 13.0 Å². The van der Waals surface area contributed by atoms with Crippen molar-refractivity contribution < 1.29 is 9.52 Å². The van der Waals surface area contributed by atoms with Gasteiger partial charge in [-0.25, -0.2) is 4.98 Å². The Balaban J connectivity index is 1.78. The molecule has 3 rings (SSSR count). The largest absolute Gasteiger partial charge is 0.469 e. The molecular weight excluding hydrogens is 284 g/mol. The van der Waals surface area contributed by atoms with Crippen LogP contribution in [0.25, 0.3) is 10.7 Å². The summed E-state index contributed by atoms with van der Waals surface area (Å²) in [6.45, 7) is 2.95. The first-order valence-corrected chi connectivity index (χ1v) is 7.84. The molecule has 0 spiro atoms. The minimum atomic E-state index is 0.115. The van der Waals surface area contributed by atoms with E-state index in [1.807, 2.05) is 24.5 Å². The molecule has 0 fully saturated rings. The molecule has 3 heterocycles. The van der Waals surface area contributed by atoms with Crippen LogP contribution in [0.2, 0.25) is 0 Å². The minimum Gasteiger partial charge on any atom is -0.469 e. The molecule has 3 aromatic heterocycles. The van der Waals surface area contributed by atoms with Gasteiger partial charge in [0.25, 0.3) is 0 Å². The number of thiophene rings is 1. The zero-order valence-electron chi connectivity index (χ0n) is 11.9. The molecule has 4 nitrogen and oxygen atoms in total. The van der Waals surface area contributed by atoms with E-state index in [1.54, 1.807) is 17.6 Å². The first-order chi connectivity index (χ1) is 10.3. The van der Waals surface area contributed by atoms with Crippen molar-refractivity contribution in [3.8, 4) is 10.7 Å². The van der Waals surface area contributed by atoms with Crippen LogP contribution >= 0.6 is 11.3 Å². The third-order valence-electron chi connectivity index (χ3n) is 3.56. The number of nitrogens with zero attached hydrogens (tertiary/aromatic N) is 2. The van der Waals surface area contributed by atoms with Crippen molar-refractivity contribution in [1.29, 1.82) is 0 Å². The van der Waals surface area contributed by atoms with Crippen molar-refractivity contribution in [3.05, 3.63) is 53.6 Å². The molecule has 0 radical (unpaired) electrons. The normalized spacial score (nSPS) is 12.7. The van der Waals surface area contributed by atoms with Crippen LogP contribution in [0.3, 0.4) is 0 Å². The lowest BCUT2D eigenvalue weighted by atomic mass is 10.0. The van der Waals surface area contributed by atoms with Crippen LogP contribution in [0.15, 0.2) is 46.7 Å². The smallest absolute Gasteiger partial charge is 0.150 e. The maximum Gasteiger partial charge on any atom is 0.150 e. The molecule has 0 aliphatic carbocycles. The van der Waals surface area contributed by atoms with Crippen LogP contribution in [-0.4, -0.2) is 21.3 Å². The Morgan fingerprint density at radius 3 is 3.00 bits per heavy atom. The summed E-state index contributed by atoms with van der Waals surface area (Å²) in [5.41, 5.74) is 1.24. The topological polar surface area (TPSA) is 51.2 Å². The van der Waals surface area contributed by atoms with E-state index in [2.05, 4.69) is 27.9 Å². The van der Waals surface area contributed by atoms with Crippen molar-refractivity contribution in [2.24, 2.45) is 5.92 Å². The molecule has 0 saturated heterocycles. The Hall–Kier alpha value is -1.85. The second-order valence-corrected chi connectivity index (χ2v) is 6.08. The van der Waals surface area contributed by atoms with E-state index in [0.717, 1.165) is 24.6 Å². The van der Waals surface area contributed by atoms with Gasteiger partial charge in [0.2, 0.25) is 0 Å². The molecule has 0 amide bonds. The van der Waals surface area contributed by atoms with Crippen molar-refractivity contribution in [1.82, 2.24) is 9.55 Å². The second-order valence-electron chi connectivity index (χ2n) is 5.17. The Kier molecular flexibility index (Phi) is 4.22. The van der Waals surface area contributed by atoms with Crippen LogP contribution in [0.1, 0.15) is 11.3 Å². The fourth-order valence-corrected chi connectivity index (χ4v) is 3.38. The lowest BCUT2D eigenvalue weighted by molar-refractivity contribution is 0.204. The van der Waals surface area contributed by atoms with Crippen LogP contribution in [0.4, 0.5) is 0 Å². The summed E-state index contributed by atoms with van der Waals surface area (Å²) in [5, 5.41) is 11.7. The third-order valence-corrected chi connectivity index (χ3v) is 4.58. The van der Waals surface area contributed by atoms with Gasteiger partial charge in [0, 0.05) is 37.9 Å². The minimum absolute atomic E-state index is 0.115. The van der Waals surface area contributed by atoms with Gasteiger partial charge in [0.05, 0.1) is 11.1 Å². The number of aliphatic hydroxyl groups excluding tert-OH is 1. The Morgan fingerprint density at radius 2 is 2.33 bits per heavy atom. The third kappa shape index (κ3) is 3.09. The Bertz CT molecular complexity index is 685. The van der Waals surface area contributed by atoms with Crippen molar-refractivity contribution >= 4 is 11.3 Å². The van der Waals surface area contributed by atoms with Crippen LogP contribution in [0, 0.1) is 12.8 Å². The highest BCUT2D eigenvalue weighted by Gasteiger charge is 2.15. The van der Waals surface area contributed by atoms with E-state index in [-0.39, 0.29) is 12.5 Å². The summed E-state index contributed by atoms with van der Waals surface area (Å²) in [6, 6.07) is 5.92. The van der Waals surface area contributed by atoms with Gasteiger partial charge >= 0.3 is 0 Å². The number of aliphatic hydroxyl groups is 1. The Labute approximate surface area is 127 Å². The highest BCUT2D eigenvalue weighted by atomic mass is 32.1. The van der Waals surface area contributed by atoms with Gasteiger partial charge in [-0.15, -0.1) is 11.3 Å². The zero-order chi connectivity index (χ0) is 14.7. The summed E-state index contributed by atoms with van der Waals surface area (Å²) < 4.78 is 7.49. The van der Waals surface area contributed by atoms with Crippen molar-refractivity contribution in [2.75, 3.05) is 6.61 Å². The van der Waals surface area contributed by atoms with Crippen molar-refractivity contribution in [2.45, 2.75) is 19.9 Å². The first-order valence-electron chi connectivity index (χ1n) is 6.96. The number of rotatable bonds is 6. The average molecular weight is 302 g/mol.